The average Bonchev–Trinajstić information content (AvgIpc) is 1.84. The van der Waals surface area contributed by atoms with E-state index >= 15 is 0 Å². The molecule has 8 heavy (non-hydrogen) atoms. The lowest BCUT2D eigenvalue weighted by Gasteiger charge is -2.02. The van der Waals surface area contributed by atoms with Gasteiger partial charge >= 0.3 is 0 Å². The number of thiol groups is 2. The third-order valence-electron chi connectivity index (χ3n) is 0.644. The number of carbonyl (C=O) groups is 1. The maximum absolute atomic E-state index is 10.4. The fourth-order valence-electron chi connectivity index (χ4n) is 0.166. The number of carbonyl (C=O) groups excluding carboxylic acids is 1. The van der Waals surface area contributed by atoms with Crippen LogP contribution in [0.3, 0.4) is 0 Å². The first-order chi connectivity index (χ1) is 3.72. The minimum atomic E-state index is -0.546. The molecule has 3 N–H and O–H groups in total. The molecular formula is C3H8N2OS2. The third kappa shape index (κ3) is 2.44. The highest BCUT2D eigenvalue weighted by Gasteiger charge is 2.07. The highest BCUT2D eigenvalue weighted by molar-refractivity contribution is 7.80. The lowest BCUT2D eigenvalue weighted by molar-refractivity contribution is -0.119. The van der Waals surface area contributed by atoms with Crippen molar-refractivity contribution in [3.63, 3.8) is 0 Å². The molecule has 5 heteroatoms. The van der Waals surface area contributed by atoms with Gasteiger partial charge in [-0.2, -0.15) is 12.6 Å². The molecule has 0 heterocycles. The first kappa shape index (κ1) is 8.13. The Kier molecular flexibility index (Phi) is 4.12. The monoisotopic (exact) mass is 152 g/mol. The molecule has 0 fully saturated rings. The van der Waals surface area contributed by atoms with E-state index in [0.717, 1.165) is 0 Å². The molecule has 0 aliphatic carbocycles. The van der Waals surface area contributed by atoms with Crippen LogP contribution in [0.5, 0.6) is 0 Å². The van der Waals surface area contributed by atoms with Crippen LogP contribution in [-0.2, 0) is 4.79 Å². The molecule has 1 amide bonds. The zero-order valence-electron chi connectivity index (χ0n) is 4.16. The number of nitrogens with one attached hydrogen (secondary N) is 1. The van der Waals surface area contributed by atoms with E-state index < -0.39 is 6.04 Å². The van der Waals surface area contributed by atoms with Gasteiger partial charge in [0.2, 0.25) is 5.91 Å². The summed E-state index contributed by atoms with van der Waals surface area (Å²) in [5.74, 6) is 0.0372. The molecule has 0 aromatic heterocycles. The van der Waals surface area contributed by atoms with Crippen molar-refractivity contribution in [3.8, 4) is 0 Å². The van der Waals surface area contributed by atoms with Gasteiger partial charge in [0, 0.05) is 5.75 Å². The predicted molar refractivity (Wildman–Crippen MR) is 39.0 cm³/mol. The van der Waals surface area contributed by atoms with Crippen LogP contribution in [0.25, 0.3) is 0 Å². The largest absolute Gasteiger partial charge is 0.319 e. The van der Waals surface area contributed by atoms with E-state index in [0.29, 0.717) is 5.75 Å². The highest BCUT2D eigenvalue weighted by atomic mass is 32.1. The Morgan fingerprint density at radius 1 is 1.88 bits per heavy atom. The maximum Gasteiger partial charge on any atom is 0.247 e. The second-order valence-corrected chi connectivity index (χ2v) is 1.85. The summed E-state index contributed by atoms with van der Waals surface area (Å²) in [6, 6.07) is -0.546. The lowest BCUT2D eigenvalue weighted by Crippen LogP contribution is -2.37. The molecule has 0 saturated heterocycles. The second kappa shape index (κ2) is 4.05. The lowest BCUT2D eigenvalue weighted by atomic mass is 10.3. The van der Waals surface area contributed by atoms with Crippen LogP contribution in [0.15, 0.2) is 0 Å². The number of hydrogen-bond donors (Lipinski definition) is 4. The van der Waals surface area contributed by atoms with Crippen LogP contribution >= 0.6 is 25.4 Å². The molecule has 0 aromatic rings. The Morgan fingerprint density at radius 3 is 2.50 bits per heavy atom. The number of amides is 1. The van der Waals surface area contributed by atoms with E-state index in [1.807, 2.05) is 0 Å². The van der Waals surface area contributed by atoms with Crippen LogP contribution in [0.4, 0.5) is 0 Å². The summed E-state index contributed by atoms with van der Waals surface area (Å²) < 4.78 is 2.10. The first-order valence-corrected chi connectivity index (χ1v) is 3.10. The topological polar surface area (TPSA) is 55.1 Å². The number of nitrogens with two attached hydrogens (primary N) is 1. The van der Waals surface area contributed by atoms with Gasteiger partial charge < -0.3 is 10.5 Å². The summed E-state index contributed by atoms with van der Waals surface area (Å²) in [4.78, 5) is 10.4. The molecule has 1 unspecified atom stereocenters. The van der Waals surface area contributed by atoms with Gasteiger partial charge in [0.15, 0.2) is 0 Å². The van der Waals surface area contributed by atoms with E-state index in [2.05, 4.69) is 30.2 Å². The van der Waals surface area contributed by atoms with Crippen LogP contribution in [0, 0.1) is 0 Å². The Balaban J connectivity index is 3.46. The smallest absolute Gasteiger partial charge is 0.247 e. The second-order valence-electron chi connectivity index (χ2n) is 1.27. The summed E-state index contributed by atoms with van der Waals surface area (Å²) in [6.07, 6.45) is 0. The van der Waals surface area contributed by atoms with Crippen molar-refractivity contribution in [2.24, 2.45) is 5.73 Å². The molecular weight excluding hydrogens is 144 g/mol. The molecule has 0 bridgehead atoms. The van der Waals surface area contributed by atoms with E-state index in [1.54, 1.807) is 0 Å². The van der Waals surface area contributed by atoms with Gasteiger partial charge in [0.05, 0.1) is 6.04 Å². The van der Waals surface area contributed by atoms with Gasteiger partial charge in [-0.1, -0.05) is 12.8 Å². The molecule has 0 rings (SSSR count). The molecule has 3 nitrogen and oxygen atoms in total. The SMILES string of the molecule is NC(CS)C(=O)NS. The molecule has 0 aliphatic heterocycles. The molecule has 48 valence electrons. The standard InChI is InChI=1S/C3H8N2OS2/c4-2(1-7)3(6)5-8/h2,7-8H,1,4H2,(H,5,6). The van der Waals surface area contributed by atoms with E-state index in [1.165, 1.54) is 0 Å². The van der Waals surface area contributed by atoms with Crippen LogP contribution in [0.1, 0.15) is 0 Å². The molecule has 1 atom stereocenters. The fraction of sp³-hybridized carbons (Fsp3) is 0.667. The Labute approximate surface area is 59.0 Å². The summed E-state index contributed by atoms with van der Waals surface area (Å²) in [5, 5.41) is 0. The Hall–Kier alpha value is 0.130. The van der Waals surface area contributed by atoms with E-state index in [9.17, 15) is 4.79 Å². The van der Waals surface area contributed by atoms with E-state index in [4.69, 9.17) is 5.73 Å². The van der Waals surface area contributed by atoms with Gasteiger partial charge in [-0.05, 0) is 0 Å². The normalized spacial score (nSPS) is 12.9. The van der Waals surface area contributed by atoms with Gasteiger partial charge in [0.1, 0.15) is 0 Å². The summed E-state index contributed by atoms with van der Waals surface area (Å²) in [6.45, 7) is 0. The quantitative estimate of drug-likeness (QED) is 0.392. The molecule has 0 aromatic carbocycles. The van der Waals surface area contributed by atoms with Crippen molar-refractivity contribution in [3.05, 3.63) is 0 Å². The number of hydrogen-bond acceptors (Lipinski definition) is 4. The summed E-state index contributed by atoms with van der Waals surface area (Å²) >= 11 is 7.28. The summed E-state index contributed by atoms with van der Waals surface area (Å²) in [7, 11) is 0. The van der Waals surface area contributed by atoms with Crippen molar-refractivity contribution in [2.75, 3.05) is 5.75 Å². The predicted octanol–water partition coefficient (Wildman–Crippen LogP) is -0.796. The molecule has 0 spiro atoms. The fourth-order valence-corrected chi connectivity index (χ4v) is 0.497. The van der Waals surface area contributed by atoms with Crippen LogP contribution in [-0.4, -0.2) is 17.7 Å². The van der Waals surface area contributed by atoms with Crippen molar-refractivity contribution in [1.29, 1.82) is 0 Å². The highest BCUT2D eigenvalue weighted by Crippen LogP contribution is 1.82. The minimum absolute atomic E-state index is 0.302. The van der Waals surface area contributed by atoms with Crippen molar-refractivity contribution >= 4 is 31.4 Å². The van der Waals surface area contributed by atoms with Crippen LogP contribution < -0.4 is 10.5 Å². The Morgan fingerprint density at radius 2 is 2.38 bits per heavy atom. The summed E-state index contributed by atoms with van der Waals surface area (Å²) in [5.41, 5.74) is 5.19. The van der Waals surface area contributed by atoms with Gasteiger partial charge in [0.25, 0.3) is 0 Å². The molecule has 0 radical (unpaired) electrons. The van der Waals surface area contributed by atoms with E-state index in [-0.39, 0.29) is 5.91 Å². The Bertz CT molecular complexity index is 87.4. The maximum atomic E-state index is 10.4. The van der Waals surface area contributed by atoms with Crippen LogP contribution in [0.2, 0.25) is 0 Å². The van der Waals surface area contributed by atoms with Gasteiger partial charge in [-0.15, -0.1) is 0 Å². The zero-order valence-corrected chi connectivity index (χ0v) is 5.95. The first-order valence-electron chi connectivity index (χ1n) is 2.02. The van der Waals surface area contributed by atoms with Crippen molar-refractivity contribution < 1.29 is 4.79 Å². The third-order valence-corrected chi connectivity index (χ3v) is 1.26. The van der Waals surface area contributed by atoms with Gasteiger partial charge in [-0.3, -0.25) is 4.79 Å². The molecule has 0 aliphatic rings. The van der Waals surface area contributed by atoms with Crippen molar-refractivity contribution in [2.45, 2.75) is 6.04 Å². The van der Waals surface area contributed by atoms with Crippen molar-refractivity contribution in [1.82, 2.24) is 4.72 Å². The molecule has 0 saturated carbocycles. The number of rotatable bonds is 2. The average molecular weight is 152 g/mol. The van der Waals surface area contributed by atoms with Gasteiger partial charge in [-0.25, -0.2) is 0 Å². The zero-order chi connectivity index (χ0) is 6.57. The minimum Gasteiger partial charge on any atom is -0.319 e.